The van der Waals surface area contributed by atoms with Crippen LogP contribution in [0.2, 0.25) is 0 Å². The Morgan fingerprint density at radius 1 is 1.00 bits per heavy atom. The van der Waals surface area contributed by atoms with E-state index < -0.39 is 23.5 Å². The number of nitrogens with zero attached hydrogens (tertiary/aromatic N) is 6. The largest absolute Gasteiger partial charge is 0.391 e. The highest BCUT2D eigenvalue weighted by molar-refractivity contribution is 7.13. The molecule has 4 heterocycles. The molecule has 2 aromatic carbocycles. The zero-order valence-corrected chi connectivity index (χ0v) is 33.8. The summed E-state index contributed by atoms with van der Waals surface area (Å²) in [7, 11) is 0. The summed E-state index contributed by atoms with van der Waals surface area (Å²) in [5.74, 6) is -1.10. The third kappa shape index (κ3) is 9.31. The molecule has 14 heteroatoms. The maximum Gasteiger partial charge on any atom is 0.243 e. The van der Waals surface area contributed by atoms with Crippen LogP contribution < -0.4 is 16.0 Å². The fourth-order valence-electron chi connectivity index (χ4n) is 7.54. The molecular weight excluding hydrogens is 729 g/mol. The molecule has 4 N–H and O–H groups in total. The molecule has 0 unspecified atom stereocenters. The van der Waals surface area contributed by atoms with Gasteiger partial charge in [-0.15, -0.1) is 21.5 Å². The molecule has 2 aliphatic heterocycles. The molecule has 0 bridgehead atoms. The molecule has 13 nitrogen and oxygen atoms in total. The maximum absolute atomic E-state index is 14.2. The Labute approximate surface area is 332 Å². The molecule has 6 rings (SSSR count). The number of carbonyl (C=O) groups is 4. The van der Waals surface area contributed by atoms with Crippen molar-refractivity contribution in [1.29, 1.82) is 0 Å². The van der Waals surface area contributed by atoms with Crippen molar-refractivity contribution in [2.75, 3.05) is 49.9 Å². The first kappa shape index (κ1) is 40.6. The average Bonchev–Trinajstić information content (AvgIpc) is 3.79. The summed E-state index contributed by atoms with van der Waals surface area (Å²) in [4.78, 5) is 64.6. The molecule has 0 aliphatic carbocycles. The Morgan fingerprint density at radius 2 is 1.71 bits per heavy atom. The van der Waals surface area contributed by atoms with Crippen molar-refractivity contribution in [3.05, 3.63) is 76.9 Å². The van der Waals surface area contributed by atoms with Crippen molar-refractivity contribution in [3.8, 4) is 21.7 Å². The molecule has 296 valence electrons. The molecular formula is C42H52N8O5S. The van der Waals surface area contributed by atoms with Gasteiger partial charge in [-0.25, -0.2) is 4.98 Å². The van der Waals surface area contributed by atoms with E-state index in [-0.39, 0.29) is 55.4 Å². The number of nitrogen functional groups attached to an aromatic ring is 1. The van der Waals surface area contributed by atoms with E-state index in [1.165, 1.54) is 11.8 Å². The van der Waals surface area contributed by atoms with Crippen LogP contribution in [-0.2, 0) is 14.4 Å². The highest BCUT2D eigenvalue weighted by atomic mass is 32.1. The van der Waals surface area contributed by atoms with Gasteiger partial charge in [-0.05, 0) is 49.4 Å². The second-order valence-corrected chi connectivity index (χ2v) is 16.9. The van der Waals surface area contributed by atoms with Crippen LogP contribution in [0.25, 0.3) is 21.7 Å². The van der Waals surface area contributed by atoms with Crippen LogP contribution >= 0.6 is 11.3 Å². The summed E-state index contributed by atoms with van der Waals surface area (Å²) < 4.78 is 0. The quantitative estimate of drug-likeness (QED) is 0.166. The number of anilines is 2. The van der Waals surface area contributed by atoms with Gasteiger partial charge >= 0.3 is 0 Å². The van der Waals surface area contributed by atoms with Gasteiger partial charge in [0.15, 0.2) is 11.6 Å². The molecule has 0 saturated carbocycles. The van der Waals surface area contributed by atoms with E-state index >= 15 is 0 Å². The fraction of sp³-hybridized carbons (Fsp3) is 0.452. The molecule has 0 spiro atoms. The summed E-state index contributed by atoms with van der Waals surface area (Å²) in [5.41, 5.74) is 13.2. The van der Waals surface area contributed by atoms with Crippen molar-refractivity contribution < 1.29 is 24.3 Å². The van der Waals surface area contributed by atoms with Crippen LogP contribution in [0.5, 0.6) is 0 Å². The molecule has 0 radical (unpaired) electrons. The predicted octanol–water partition coefficient (Wildman–Crippen LogP) is 4.94. The maximum atomic E-state index is 14.2. The first-order valence-corrected chi connectivity index (χ1v) is 20.0. The number of ketones is 2. The number of aryl methyl sites for hydroxylation is 1. The topological polar surface area (TPSA) is 175 Å². The van der Waals surface area contributed by atoms with Crippen molar-refractivity contribution in [2.24, 2.45) is 11.3 Å². The number of β-amino-alcohol motifs (C(OH)–C–C–N with tert-alkyl or cyclic N) is 1. The number of Topliss-reactive ketones (excluding diaryl/α,β-unsaturated/α-hetero) is 2. The summed E-state index contributed by atoms with van der Waals surface area (Å²) in [6.45, 7) is 13.8. The molecule has 2 aliphatic rings. The summed E-state index contributed by atoms with van der Waals surface area (Å²) in [6, 6.07) is 15.9. The number of aromatic nitrogens is 3. The number of likely N-dealkylation sites (tertiary alicyclic amines) is 1. The number of nitrogens with one attached hydrogen (secondary N) is 1. The lowest BCUT2D eigenvalue weighted by molar-refractivity contribution is -0.146. The number of hydrogen-bond donors (Lipinski definition) is 3. The minimum atomic E-state index is -0.846. The lowest BCUT2D eigenvalue weighted by Gasteiger charge is -2.37. The van der Waals surface area contributed by atoms with Gasteiger partial charge < -0.3 is 26.0 Å². The number of piperazine rings is 1. The van der Waals surface area contributed by atoms with Crippen LogP contribution in [0.1, 0.15) is 75.1 Å². The first-order chi connectivity index (χ1) is 26.6. The zero-order valence-electron chi connectivity index (χ0n) is 33.0. The SMILES string of the molecule is CC(=O)c1cccc(-c2cc(N3CCN(CC(=O)C[C@H](C(=O)N4C[C@H](O)C[C@H]4C(=O)N[C@@H](C)c4ccc(-c5scnc5C)cc4)C(C)(C)C)CC3)c(N)nn2)c1. The van der Waals surface area contributed by atoms with E-state index in [0.29, 0.717) is 43.3 Å². The Balaban J connectivity index is 1.05. The second kappa shape index (κ2) is 17.0. The molecule has 2 aromatic heterocycles. The van der Waals surface area contributed by atoms with Crippen molar-refractivity contribution in [1.82, 2.24) is 30.3 Å². The second-order valence-electron chi connectivity index (χ2n) is 16.1. The van der Waals surface area contributed by atoms with Gasteiger partial charge in [0, 0.05) is 62.6 Å². The number of benzene rings is 2. The predicted molar refractivity (Wildman–Crippen MR) is 218 cm³/mol. The number of nitrogens with two attached hydrogens (primary N) is 1. The molecule has 2 amide bonds. The summed E-state index contributed by atoms with van der Waals surface area (Å²) in [5, 5.41) is 22.2. The normalized spacial score (nSPS) is 18.8. The van der Waals surface area contributed by atoms with E-state index in [1.807, 2.05) is 82.6 Å². The van der Waals surface area contributed by atoms with Gasteiger partial charge in [-0.2, -0.15) is 0 Å². The number of thiazole rings is 1. The van der Waals surface area contributed by atoms with Crippen LogP contribution in [0.4, 0.5) is 11.5 Å². The first-order valence-electron chi connectivity index (χ1n) is 19.1. The number of aliphatic hydroxyl groups excluding tert-OH is 1. The minimum Gasteiger partial charge on any atom is -0.391 e. The van der Waals surface area contributed by atoms with Gasteiger partial charge in [0.25, 0.3) is 0 Å². The van der Waals surface area contributed by atoms with E-state index in [2.05, 4.69) is 30.3 Å². The smallest absolute Gasteiger partial charge is 0.243 e. The van der Waals surface area contributed by atoms with Crippen LogP contribution in [-0.4, -0.2) is 105 Å². The highest BCUT2D eigenvalue weighted by Gasteiger charge is 2.44. The van der Waals surface area contributed by atoms with Gasteiger partial charge in [-0.1, -0.05) is 63.2 Å². The van der Waals surface area contributed by atoms with Crippen LogP contribution in [0.3, 0.4) is 0 Å². The minimum absolute atomic E-state index is 0.0232. The monoisotopic (exact) mass is 780 g/mol. The standard InChI is InChI=1S/C42H52N8O5S/c1-25(28-10-12-29(13-11-28)38-26(2)44-24-56-38)45-40(54)37-20-33(53)23-50(37)41(55)34(42(4,5)6)19-32(52)22-48-14-16-49(17-15-48)36-21-35(46-47-39(36)43)31-9-7-8-30(18-31)27(3)51/h7-13,18,21,24-25,33-34,37,53H,14-17,19-20,22-23H2,1-6H3,(H2,43,47)(H,45,54)/t25-,33+,34+,37-/m0/s1. The van der Waals surface area contributed by atoms with Gasteiger partial charge in [-0.3, -0.25) is 24.1 Å². The van der Waals surface area contributed by atoms with Gasteiger partial charge in [0.2, 0.25) is 11.8 Å². The lowest BCUT2D eigenvalue weighted by atomic mass is 9.76. The van der Waals surface area contributed by atoms with Crippen molar-refractivity contribution in [2.45, 2.75) is 72.6 Å². The highest BCUT2D eigenvalue weighted by Crippen LogP contribution is 2.35. The Morgan fingerprint density at radius 3 is 2.36 bits per heavy atom. The van der Waals surface area contributed by atoms with Crippen molar-refractivity contribution in [3.63, 3.8) is 0 Å². The van der Waals surface area contributed by atoms with Gasteiger partial charge in [0.05, 0.1) is 46.2 Å². The van der Waals surface area contributed by atoms with Crippen LogP contribution in [0, 0.1) is 18.3 Å². The zero-order chi connectivity index (χ0) is 40.3. The van der Waals surface area contributed by atoms with Crippen LogP contribution in [0.15, 0.2) is 60.1 Å². The van der Waals surface area contributed by atoms with E-state index in [9.17, 15) is 24.3 Å². The third-order valence-electron chi connectivity index (χ3n) is 10.9. The Kier molecular flexibility index (Phi) is 12.3. The van der Waals surface area contributed by atoms with E-state index in [0.717, 1.165) is 32.9 Å². The summed E-state index contributed by atoms with van der Waals surface area (Å²) >= 11 is 1.58. The summed E-state index contributed by atoms with van der Waals surface area (Å²) in [6.07, 6.45) is -0.687. The number of aliphatic hydroxyl groups is 1. The molecule has 56 heavy (non-hydrogen) atoms. The Hall–Kier alpha value is -5.05. The number of amides is 2. The number of rotatable bonds is 12. The average molecular weight is 781 g/mol. The molecule has 2 fully saturated rings. The van der Waals surface area contributed by atoms with Crippen molar-refractivity contribution >= 4 is 46.2 Å². The Bertz CT molecular complexity index is 2070. The molecule has 4 aromatic rings. The van der Waals surface area contributed by atoms with Gasteiger partial charge in [0.1, 0.15) is 11.8 Å². The van der Waals surface area contributed by atoms with E-state index in [1.54, 1.807) is 23.5 Å². The third-order valence-corrected chi connectivity index (χ3v) is 11.9. The number of hydrogen-bond acceptors (Lipinski definition) is 12. The number of carbonyl (C=O) groups excluding carboxylic acids is 4. The van der Waals surface area contributed by atoms with E-state index in [4.69, 9.17) is 5.73 Å². The molecule has 4 atom stereocenters. The fourth-order valence-corrected chi connectivity index (χ4v) is 8.35. The lowest BCUT2D eigenvalue weighted by Crippen LogP contribution is -2.51. The molecule has 2 saturated heterocycles.